The van der Waals surface area contributed by atoms with Crippen LogP contribution in [0.5, 0.6) is 0 Å². The summed E-state index contributed by atoms with van der Waals surface area (Å²) < 4.78 is 0. The summed E-state index contributed by atoms with van der Waals surface area (Å²) in [7, 11) is 5.84. The second kappa shape index (κ2) is 8.35. The van der Waals surface area contributed by atoms with Crippen LogP contribution in [0.4, 0.5) is 4.79 Å². The van der Waals surface area contributed by atoms with E-state index in [2.05, 4.69) is 27.1 Å². The number of carbonyl (C=O) groups excluding carboxylic acids is 1. The first-order valence-corrected chi connectivity index (χ1v) is 8.58. The van der Waals surface area contributed by atoms with Crippen LogP contribution in [-0.4, -0.2) is 59.5 Å². The van der Waals surface area contributed by atoms with E-state index in [0.29, 0.717) is 24.2 Å². The molecule has 24 heavy (non-hydrogen) atoms. The molecule has 6 nitrogen and oxygen atoms in total. The molecular weight excluding hydrogens is 326 g/mol. The Kier molecular flexibility index (Phi) is 6.45. The van der Waals surface area contributed by atoms with Crippen molar-refractivity contribution in [1.82, 2.24) is 25.1 Å². The van der Waals surface area contributed by atoms with Gasteiger partial charge in [-0.25, -0.2) is 9.78 Å². The first-order chi connectivity index (χ1) is 11.4. The maximum Gasteiger partial charge on any atom is 0.317 e. The molecule has 0 radical (unpaired) electrons. The zero-order chi connectivity index (χ0) is 17.7. The third kappa shape index (κ3) is 4.85. The fraction of sp³-hybridized carbons (Fsp3) is 0.529. The molecular formula is C17H26ClN5O. The summed E-state index contributed by atoms with van der Waals surface area (Å²) in [6, 6.07) is 5.75. The molecule has 1 aromatic carbocycles. The topological polar surface area (TPSA) is 64.3 Å². The molecule has 7 heteroatoms. The van der Waals surface area contributed by atoms with Gasteiger partial charge in [0.25, 0.3) is 0 Å². The van der Waals surface area contributed by atoms with Crippen molar-refractivity contribution < 1.29 is 4.79 Å². The Bertz CT molecular complexity index is 685. The SMILES string of the molecule is CCC[C@@H](CNC(=O)N(C)Cc1nc2ccc(Cl)cc2[nH]1)N(C)C. The first-order valence-electron chi connectivity index (χ1n) is 8.20. The highest BCUT2D eigenvalue weighted by Gasteiger charge is 2.15. The lowest BCUT2D eigenvalue weighted by molar-refractivity contribution is 0.198. The van der Waals surface area contributed by atoms with Crippen LogP contribution in [0, 0.1) is 0 Å². The average Bonchev–Trinajstić information content (AvgIpc) is 2.91. The Morgan fingerprint density at radius 3 is 2.79 bits per heavy atom. The third-order valence-corrected chi connectivity index (χ3v) is 4.30. The minimum Gasteiger partial charge on any atom is -0.340 e. The predicted octanol–water partition coefficient (Wildman–Crippen LogP) is 3.09. The van der Waals surface area contributed by atoms with E-state index in [0.717, 1.165) is 29.7 Å². The minimum absolute atomic E-state index is 0.101. The molecule has 0 saturated heterocycles. The highest BCUT2D eigenvalue weighted by atomic mass is 35.5. The molecule has 0 aliphatic carbocycles. The summed E-state index contributed by atoms with van der Waals surface area (Å²) >= 11 is 5.98. The number of fused-ring (bicyclic) bond motifs is 1. The van der Waals surface area contributed by atoms with Gasteiger partial charge >= 0.3 is 6.03 Å². The Morgan fingerprint density at radius 1 is 1.38 bits per heavy atom. The van der Waals surface area contributed by atoms with Crippen molar-refractivity contribution >= 4 is 28.7 Å². The molecule has 0 fully saturated rings. The second-order valence-electron chi connectivity index (χ2n) is 6.29. The highest BCUT2D eigenvalue weighted by molar-refractivity contribution is 6.31. The van der Waals surface area contributed by atoms with E-state index in [4.69, 9.17) is 11.6 Å². The summed E-state index contributed by atoms with van der Waals surface area (Å²) in [6.07, 6.45) is 2.15. The number of imidazole rings is 1. The summed E-state index contributed by atoms with van der Waals surface area (Å²) in [5.41, 5.74) is 1.72. The normalized spacial score (nSPS) is 12.6. The Balaban J connectivity index is 1.92. The van der Waals surface area contributed by atoms with E-state index in [1.165, 1.54) is 0 Å². The molecule has 0 aliphatic rings. The van der Waals surface area contributed by atoms with E-state index in [1.807, 2.05) is 26.2 Å². The highest BCUT2D eigenvalue weighted by Crippen LogP contribution is 2.17. The Hall–Kier alpha value is -1.79. The van der Waals surface area contributed by atoms with E-state index >= 15 is 0 Å². The van der Waals surface area contributed by atoms with Crippen molar-refractivity contribution in [2.45, 2.75) is 32.4 Å². The maximum atomic E-state index is 12.3. The lowest BCUT2D eigenvalue weighted by Crippen LogP contribution is -2.44. The number of nitrogens with one attached hydrogen (secondary N) is 2. The van der Waals surface area contributed by atoms with Crippen LogP contribution < -0.4 is 5.32 Å². The van der Waals surface area contributed by atoms with Crippen LogP contribution in [0.25, 0.3) is 11.0 Å². The number of urea groups is 1. The smallest absolute Gasteiger partial charge is 0.317 e. The number of rotatable bonds is 7. The van der Waals surface area contributed by atoms with E-state index in [9.17, 15) is 4.79 Å². The molecule has 1 aromatic heterocycles. The van der Waals surface area contributed by atoms with Gasteiger partial charge in [0.05, 0.1) is 17.6 Å². The van der Waals surface area contributed by atoms with E-state index < -0.39 is 0 Å². The number of H-pyrrole nitrogens is 1. The lowest BCUT2D eigenvalue weighted by atomic mass is 10.1. The molecule has 0 aliphatic heterocycles. The van der Waals surface area contributed by atoms with Gasteiger partial charge in [0.15, 0.2) is 0 Å². The van der Waals surface area contributed by atoms with E-state index in [1.54, 1.807) is 18.0 Å². The van der Waals surface area contributed by atoms with Gasteiger partial charge in [-0.05, 0) is 38.7 Å². The Labute approximate surface area is 148 Å². The number of hydrogen-bond acceptors (Lipinski definition) is 3. The fourth-order valence-corrected chi connectivity index (χ4v) is 2.79. The number of aromatic amines is 1. The second-order valence-corrected chi connectivity index (χ2v) is 6.73. The number of hydrogen-bond donors (Lipinski definition) is 2. The van der Waals surface area contributed by atoms with Crippen molar-refractivity contribution in [1.29, 1.82) is 0 Å². The summed E-state index contributed by atoms with van der Waals surface area (Å²) in [5, 5.41) is 3.66. The number of halogens is 1. The largest absolute Gasteiger partial charge is 0.340 e. The minimum atomic E-state index is -0.101. The molecule has 2 rings (SSSR count). The molecule has 2 aromatic rings. The molecule has 2 amide bonds. The summed E-state index contributed by atoms with van der Waals surface area (Å²) in [5.74, 6) is 0.739. The molecule has 0 spiro atoms. The van der Waals surface area contributed by atoms with Crippen molar-refractivity contribution in [2.24, 2.45) is 0 Å². The lowest BCUT2D eigenvalue weighted by Gasteiger charge is -2.25. The van der Waals surface area contributed by atoms with Gasteiger partial charge in [0.2, 0.25) is 0 Å². The van der Waals surface area contributed by atoms with Crippen molar-refractivity contribution in [3.8, 4) is 0 Å². The predicted molar refractivity (Wildman–Crippen MR) is 98.4 cm³/mol. The van der Waals surface area contributed by atoms with Crippen LogP contribution in [0.3, 0.4) is 0 Å². The molecule has 0 bridgehead atoms. The fourth-order valence-electron chi connectivity index (χ4n) is 2.62. The van der Waals surface area contributed by atoms with Crippen LogP contribution in [0.1, 0.15) is 25.6 Å². The molecule has 1 atom stereocenters. The quantitative estimate of drug-likeness (QED) is 0.805. The number of aromatic nitrogens is 2. The van der Waals surface area contributed by atoms with Crippen molar-refractivity contribution in [3.63, 3.8) is 0 Å². The van der Waals surface area contributed by atoms with Crippen LogP contribution >= 0.6 is 11.6 Å². The van der Waals surface area contributed by atoms with Crippen molar-refractivity contribution in [2.75, 3.05) is 27.7 Å². The zero-order valence-electron chi connectivity index (χ0n) is 14.8. The number of likely N-dealkylation sites (N-methyl/N-ethyl adjacent to an activating group) is 1. The molecule has 0 unspecified atom stereocenters. The van der Waals surface area contributed by atoms with Gasteiger partial charge in [0, 0.05) is 24.7 Å². The van der Waals surface area contributed by atoms with Gasteiger partial charge in [0.1, 0.15) is 5.82 Å². The van der Waals surface area contributed by atoms with Gasteiger partial charge in [-0.15, -0.1) is 0 Å². The summed E-state index contributed by atoms with van der Waals surface area (Å²) in [6.45, 7) is 3.20. The number of benzene rings is 1. The van der Waals surface area contributed by atoms with Crippen LogP contribution in [-0.2, 0) is 6.54 Å². The molecule has 1 heterocycles. The number of amides is 2. The zero-order valence-corrected chi connectivity index (χ0v) is 15.5. The first kappa shape index (κ1) is 18.5. The average molecular weight is 352 g/mol. The van der Waals surface area contributed by atoms with Gasteiger partial charge < -0.3 is 20.1 Å². The van der Waals surface area contributed by atoms with Crippen LogP contribution in [0.15, 0.2) is 18.2 Å². The molecule has 2 N–H and O–H groups in total. The number of nitrogens with zero attached hydrogens (tertiary/aromatic N) is 3. The standard InChI is InChI=1S/C17H26ClN5O/c1-5-6-13(22(2)3)10-19-17(24)23(4)11-16-20-14-8-7-12(18)9-15(14)21-16/h7-9,13H,5-6,10-11H2,1-4H3,(H,19,24)(H,20,21)/t13-/m0/s1. The molecule has 132 valence electrons. The third-order valence-electron chi connectivity index (χ3n) is 4.07. The van der Waals surface area contributed by atoms with Gasteiger partial charge in [-0.2, -0.15) is 0 Å². The van der Waals surface area contributed by atoms with Gasteiger partial charge in [-0.3, -0.25) is 0 Å². The van der Waals surface area contributed by atoms with E-state index in [-0.39, 0.29) is 6.03 Å². The van der Waals surface area contributed by atoms with Crippen LogP contribution in [0.2, 0.25) is 5.02 Å². The van der Waals surface area contributed by atoms with Crippen molar-refractivity contribution in [3.05, 3.63) is 29.0 Å². The summed E-state index contributed by atoms with van der Waals surface area (Å²) in [4.78, 5) is 23.7. The van der Waals surface area contributed by atoms with Gasteiger partial charge in [-0.1, -0.05) is 24.9 Å². The molecule has 0 saturated carbocycles. The monoisotopic (exact) mass is 351 g/mol. The maximum absolute atomic E-state index is 12.3. The number of carbonyl (C=O) groups is 1. The Morgan fingerprint density at radius 2 is 2.12 bits per heavy atom.